The number of para-hydroxylation sites is 1. The first-order valence-electron chi connectivity index (χ1n) is 4.71. The molecule has 0 saturated heterocycles. The molecule has 1 aliphatic rings. The summed E-state index contributed by atoms with van der Waals surface area (Å²) >= 11 is 1.56. The van der Waals surface area contributed by atoms with Gasteiger partial charge in [-0.1, -0.05) is 18.2 Å². The van der Waals surface area contributed by atoms with Gasteiger partial charge in [-0.05, 0) is 6.07 Å². The highest BCUT2D eigenvalue weighted by molar-refractivity contribution is 8.00. The maximum atomic E-state index is 11.0. The van der Waals surface area contributed by atoms with E-state index >= 15 is 0 Å². The zero-order chi connectivity index (χ0) is 10.7. The predicted octanol–water partition coefficient (Wildman–Crippen LogP) is 2.03. The van der Waals surface area contributed by atoms with Gasteiger partial charge in [0, 0.05) is 5.56 Å². The molecule has 1 aromatic carbocycles. The van der Waals surface area contributed by atoms with Crippen LogP contribution in [-0.4, -0.2) is 25.4 Å². The van der Waals surface area contributed by atoms with E-state index in [-0.39, 0.29) is 11.2 Å². The summed E-state index contributed by atoms with van der Waals surface area (Å²) in [5, 5.41) is 0.250. The molecule has 0 fully saturated rings. The molecule has 0 aromatic heterocycles. The van der Waals surface area contributed by atoms with Crippen molar-refractivity contribution in [3.8, 4) is 5.75 Å². The number of thioether (sulfide) groups is 1. The number of hydrogen-bond donors (Lipinski definition) is 0. The molecule has 0 N–H and O–H groups in total. The highest BCUT2D eigenvalue weighted by atomic mass is 32.2. The minimum absolute atomic E-state index is 0.190. The Morgan fingerprint density at radius 2 is 2.40 bits per heavy atom. The average Bonchev–Trinajstić information content (AvgIpc) is 2.69. The summed E-state index contributed by atoms with van der Waals surface area (Å²) in [6, 6.07) is 7.93. The van der Waals surface area contributed by atoms with Crippen LogP contribution >= 0.6 is 11.8 Å². The Kier molecular flexibility index (Phi) is 3.16. The van der Waals surface area contributed by atoms with Crippen LogP contribution in [0.3, 0.4) is 0 Å². The third kappa shape index (κ3) is 2.26. The van der Waals surface area contributed by atoms with E-state index in [9.17, 15) is 4.79 Å². The van der Waals surface area contributed by atoms with Crippen molar-refractivity contribution in [3.05, 3.63) is 29.8 Å². The topological polar surface area (TPSA) is 35.5 Å². The molecule has 0 aliphatic carbocycles. The van der Waals surface area contributed by atoms with E-state index in [1.165, 1.54) is 12.7 Å². The smallest absolute Gasteiger partial charge is 0.315 e. The molecule has 1 atom stereocenters. The lowest BCUT2D eigenvalue weighted by molar-refractivity contribution is -0.137. The second-order valence-corrected chi connectivity index (χ2v) is 4.42. The fourth-order valence-electron chi connectivity index (χ4n) is 1.50. The van der Waals surface area contributed by atoms with Crippen molar-refractivity contribution in [2.45, 2.75) is 5.25 Å². The summed E-state index contributed by atoms with van der Waals surface area (Å²) in [6.07, 6.45) is 0. The van der Waals surface area contributed by atoms with Crippen molar-refractivity contribution in [3.63, 3.8) is 0 Å². The van der Waals surface area contributed by atoms with Crippen LogP contribution in [0.5, 0.6) is 5.75 Å². The Bertz CT molecular complexity index is 365. The third-order valence-electron chi connectivity index (χ3n) is 2.29. The second-order valence-electron chi connectivity index (χ2n) is 3.22. The Morgan fingerprint density at radius 1 is 1.60 bits per heavy atom. The number of esters is 1. The van der Waals surface area contributed by atoms with E-state index in [1.54, 1.807) is 11.8 Å². The lowest BCUT2D eigenvalue weighted by Gasteiger charge is -2.06. The van der Waals surface area contributed by atoms with Gasteiger partial charge in [-0.25, -0.2) is 0 Å². The van der Waals surface area contributed by atoms with Gasteiger partial charge in [0.25, 0.3) is 0 Å². The number of benzene rings is 1. The zero-order valence-electron chi connectivity index (χ0n) is 8.43. The highest BCUT2D eigenvalue weighted by Crippen LogP contribution is 2.40. The van der Waals surface area contributed by atoms with E-state index in [1.807, 2.05) is 24.3 Å². The van der Waals surface area contributed by atoms with E-state index in [0.29, 0.717) is 12.4 Å². The monoisotopic (exact) mass is 224 g/mol. The minimum Gasteiger partial charge on any atom is -0.492 e. The number of ether oxygens (including phenoxy) is 2. The van der Waals surface area contributed by atoms with Gasteiger partial charge in [-0.3, -0.25) is 4.79 Å². The summed E-state index contributed by atoms with van der Waals surface area (Å²) in [5.41, 5.74) is 1.17. The lowest BCUT2D eigenvalue weighted by Crippen LogP contribution is -2.06. The van der Waals surface area contributed by atoms with Gasteiger partial charge in [-0.15, -0.1) is 11.8 Å². The molecule has 0 spiro atoms. The molecule has 1 aliphatic heterocycles. The number of methoxy groups -OCH3 is 1. The summed E-state index contributed by atoms with van der Waals surface area (Å²) in [6.45, 7) is 0.640. The molecule has 0 radical (unpaired) electrons. The maximum absolute atomic E-state index is 11.0. The van der Waals surface area contributed by atoms with Gasteiger partial charge in [0.15, 0.2) is 0 Å². The molecule has 3 nitrogen and oxygen atoms in total. The number of fused-ring (bicyclic) bond motifs is 1. The van der Waals surface area contributed by atoms with Crippen molar-refractivity contribution < 1.29 is 14.3 Å². The van der Waals surface area contributed by atoms with E-state index in [0.717, 1.165) is 5.75 Å². The van der Waals surface area contributed by atoms with Crippen LogP contribution in [-0.2, 0) is 9.53 Å². The molecule has 0 bridgehead atoms. The van der Waals surface area contributed by atoms with Crippen molar-refractivity contribution in [1.82, 2.24) is 0 Å². The Hall–Kier alpha value is -1.16. The van der Waals surface area contributed by atoms with Crippen LogP contribution in [0.1, 0.15) is 10.8 Å². The van der Waals surface area contributed by atoms with Crippen molar-refractivity contribution >= 4 is 17.7 Å². The largest absolute Gasteiger partial charge is 0.492 e. The van der Waals surface area contributed by atoms with Crippen molar-refractivity contribution in [2.24, 2.45) is 0 Å². The first-order chi connectivity index (χ1) is 7.31. The Labute approximate surface area is 92.8 Å². The molecule has 1 aromatic rings. The van der Waals surface area contributed by atoms with Crippen LogP contribution < -0.4 is 4.74 Å². The van der Waals surface area contributed by atoms with Crippen LogP contribution in [0.15, 0.2) is 24.3 Å². The quantitative estimate of drug-likeness (QED) is 0.736. The molecule has 1 heterocycles. The summed E-state index contributed by atoms with van der Waals surface area (Å²) in [4.78, 5) is 11.0. The average molecular weight is 224 g/mol. The Balaban J connectivity index is 1.99. The standard InChI is InChI=1S/C11H12O3S/c1-13-11(12)7-15-10-6-14-9-5-3-2-4-8(9)10/h2-5,10H,6-7H2,1H3/t10-/m1/s1. The number of carbonyl (C=O) groups is 1. The van der Waals surface area contributed by atoms with E-state index < -0.39 is 0 Å². The third-order valence-corrected chi connectivity index (χ3v) is 3.48. The van der Waals surface area contributed by atoms with Gasteiger partial charge >= 0.3 is 5.97 Å². The maximum Gasteiger partial charge on any atom is 0.315 e. The first-order valence-corrected chi connectivity index (χ1v) is 5.76. The summed E-state index contributed by atoms with van der Waals surface area (Å²) < 4.78 is 10.1. The van der Waals surface area contributed by atoms with Gasteiger partial charge in [0.2, 0.25) is 0 Å². The van der Waals surface area contributed by atoms with Crippen molar-refractivity contribution in [1.29, 1.82) is 0 Å². The normalized spacial score (nSPS) is 18.1. The van der Waals surface area contributed by atoms with Crippen LogP contribution in [0.2, 0.25) is 0 Å². The van der Waals surface area contributed by atoms with Crippen LogP contribution in [0.25, 0.3) is 0 Å². The first kappa shape index (κ1) is 10.4. The fraction of sp³-hybridized carbons (Fsp3) is 0.364. The van der Waals surface area contributed by atoms with Crippen LogP contribution in [0, 0.1) is 0 Å². The molecule has 2 rings (SSSR count). The molecule has 80 valence electrons. The zero-order valence-corrected chi connectivity index (χ0v) is 9.25. The van der Waals surface area contributed by atoms with Gasteiger partial charge in [-0.2, -0.15) is 0 Å². The molecule has 15 heavy (non-hydrogen) atoms. The lowest BCUT2D eigenvalue weighted by atomic mass is 10.2. The molecule has 0 amide bonds. The summed E-state index contributed by atoms with van der Waals surface area (Å²) in [5.74, 6) is 1.11. The van der Waals surface area contributed by atoms with Gasteiger partial charge in [0.05, 0.1) is 18.1 Å². The van der Waals surface area contributed by atoms with E-state index in [4.69, 9.17) is 4.74 Å². The summed E-state index contributed by atoms with van der Waals surface area (Å²) in [7, 11) is 1.40. The second kappa shape index (κ2) is 4.57. The van der Waals surface area contributed by atoms with E-state index in [2.05, 4.69) is 4.74 Å². The van der Waals surface area contributed by atoms with Gasteiger partial charge in [0.1, 0.15) is 12.4 Å². The molecular formula is C11H12O3S. The highest BCUT2D eigenvalue weighted by Gasteiger charge is 2.24. The van der Waals surface area contributed by atoms with Crippen LogP contribution in [0.4, 0.5) is 0 Å². The Morgan fingerprint density at radius 3 is 3.20 bits per heavy atom. The molecule has 0 unspecified atom stereocenters. The molecule has 4 heteroatoms. The van der Waals surface area contributed by atoms with Crippen molar-refractivity contribution in [2.75, 3.05) is 19.5 Å². The minimum atomic E-state index is -0.190. The number of rotatable bonds is 3. The SMILES string of the molecule is COC(=O)CS[C@@H]1COc2ccccc21. The molecular weight excluding hydrogens is 212 g/mol. The molecule has 0 saturated carbocycles. The number of hydrogen-bond acceptors (Lipinski definition) is 4. The number of carbonyl (C=O) groups excluding carboxylic acids is 1. The predicted molar refractivity (Wildman–Crippen MR) is 59.2 cm³/mol. The fourth-order valence-corrected chi connectivity index (χ4v) is 2.49. The van der Waals surface area contributed by atoms with Gasteiger partial charge < -0.3 is 9.47 Å².